The largest absolute Gasteiger partial charge is 0.478 e. The first kappa shape index (κ1) is 24.2. The minimum atomic E-state index is -3.77. The number of carbonyl (C=O) groups is 2. The van der Waals surface area contributed by atoms with E-state index in [1.807, 2.05) is 38.1 Å². The summed E-state index contributed by atoms with van der Waals surface area (Å²) < 4.78 is 34.1. The lowest BCUT2D eigenvalue weighted by Gasteiger charge is -2.32. The molecule has 0 saturated carbocycles. The molecule has 8 nitrogen and oxygen atoms in total. The first-order valence-corrected chi connectivity index (χ1v) is 13.2. The second-order valence-electron chi connectivity index (χ2n) is 8.80. The lowest BCUT2D eigenvalue weighted by atomic mass is 9.97. The van der Waals surface area contributed by atoms with Gasteiger partial charge in [0.2, 0.25) is 15.9 Å². The third kappa shape index (κ3) is 4.67. The Labute approximate surface area is 200 Å². The Morgan fingerprint density at radius 1 is 1.18 bits per heavy atom. The Hall–Kier alpha value is -2.91. The molecule has 182 valence electrons. The number of hydrogen-bond acceptors (Lipinski definition) is 5. The van der Waals surface area contributed by atoms with E-state index in [0.29, 0.717) is 36.3 Å². The van der Waals surface area contributed by atoms with Crippen LogP contribution in [-0.4, -0.2) is 43.7 Å². The van der Waals surface area contributed by atoms with Gasteiger partial charge < -0.3 is 15.4 Å². The number of nitrogens with one attached hydrogen (secondary N) is 2. The van der Waals surface area contributed by atoms with Crippen LogP contribution in [0.2, 0.25) is 0 Å². The van der Waals surface area contributed by atoms with E-state index in [1.54, 1.807) is 13.0 Å². The Kier molecular flexibility index (Phi) is 6.95. The number of ether oxygens (including phenoxy) is 1. The highest BCUT2D eigenvalue weighted by atomic mass is 32.2. The van der Waals surface area contributed by atoms with Gasteiger partial charge >= 0.3 is 0 Å². The number of sulfonamides is 1. The van der Waals surface area contributed by atoms with Gasteiger partial charge in [-0.3, -0.25) is 9.59 Å². The third-order valence-corrected chi connectivity index (χ3v) is 8.61. The predicted octanol–water partition coefficient (Wildman–Crippen LogP) is 3.71. The molecule has 1 saturated heterocycles. The molecule has 2 heterocycles. The summed E-state index contributed by atoms with van der Waals surface area (Å²) >= 11 is 0. The number of piperidine rings is 1. The maximum Gasteiger partial charge on any atom is 0.265 e. The van der Waals surface area contributed by atoms with Crippen LogP contribution in [0.25, 0.3) is 0 Å². The van der Waals surface area contributed by atoms with Crippen molar-refractivity contribution in [2.24, 2.45) is 5.92 Å². The molecular weight excluding hydrogens is 454 g/mol. The lowest BCUT2D eigenvalue weighted by molar-refractivity contribution is -0.123. The van der Waals surface area contributed by atoms with E-state index in [9.17, 15) is 18.0 Å². The summed E-state index contributed by atoms with van der Waals surface area (Å²) in [5, 5.41) is 5.80. The van der Waals surface area contributed by atoms with Crippen molar-refractivity contribution in [3.63, 3.8) is 0 Å². The van der Waals surface area contributed by atoms with Crippen molar-refractivity contribution >= 4 is 33.2 Å². The second-order valence-corrected chi connectivity index (χ2v) is 10.7. The summed E-state index contributed by atoms with van der Waals surface area (Å²) in [5.41, 5.74) is 2.90. The van der Waals surface area contributed by atoms with Crippen molar-refractivity contribution in [2.45, 2.75) is 57.5 Å². The number of rotatable bonds is 6. The molecule has 0 spiro atoms. The average molecular weight is 486 g/mol. The first-order chi connectivity index (χ1) is 16.2. The molecular formula is C25H31N3O5S. The summed E-state index contributed by atoms with van der Waals surface area (Å²) in [6.45, 7) is 6.11. The zero-order chi connectivity index (χ0) is 24.5. The Balaban J connectivity index is 1.46. The van der Waals surface area contributed by atoms with Gasteiger partial charge in [0.05, 0.1) is 10.6 Å². The summed E-state index contributed by atoms with van der Waals surface area (Å²) in [5.74, 6) is -0.186. The number of amides is 2. The Morgan fingerprint density at radius 3 is 2.56 bits per heavy atom. The molecule has 2 aliphatic rings. The quantitative estimate of drug-likeness (QED) is 0.649. The molecule has 0 aromatic heterocycles. The van der Waals surface area contributed by atoms with Crippen LogP contribution >= 0.6 is 0 Å². The van der Waals surface area contributed by atoms with E-state index in [-0.39, 0.29) is 35.7 Å². The number of para-hydroxylation sites is 1. The summed E-state index contributed by atoms with van der Waals surface area (Å²) in [7, 11) is -3.77. The zero-order valence-electron chi connectivity index (χ0n) is 19.8. The molecule has 0 aliphatic carbocycles. The van der Waals surface area contributed by atoms with Gasteiger partial charge in [-0.25, -0.2) is 8.42 Å². The summed E-state index contributed by atoms with van der Waals surface area (Å²) in [6, 6.07) is 10.9. The standard InChI is InChI=1S/C25H31N3O5S/c1-4-17-8-6-7-9-19(17)26-24(29)18-10-12-28(13-11-18)34(31,32)23-15-22-20(14-16(23)3)27-25(30)21(5-2)33-22/h6-9,14-15,18,21H,4-5,10-13H2,1-3H3,(H,26,29)(H,27,30)/t21-/m1/s1. The fourth-order valence-corrected chi connectivity index (χ4v) is 6.21. The van der Waals surface area contributed by atoms with Crippen LogP contribution in [-0.2, 0) is 26.0 Å². The summed E-state index contributed by atoms with van der Waals surface area (Å²) in [6.07, 6.45) is 1.57. The van der Waals surface area contributed by atoms with E-state index in [4.69, 9.17) is 4.74 Å². The molecule has 2 amide bonds. The molecule has 34 heavy (non-hydrogen) atoms. The number of hydrogen-bond donors (Lipinski definition) is 2. The minimum absolute atomic E-state index is 0.0716. The maximum atomic E-state index is 13.4. The van der Waals surface area contributed by atoms with Gasteiger partial charge in [-0.1, -0.05) is 32.0 Å². The van der Waals surface area contributed by atoms with Crippen LogP contribution in [0.3, 0.4) is 0 Å². The highest BCUT2D eigenvalue weighted by Crippen LogP contribution is 2.36. The molecule has 1 fully saturated rings. The van der Waals surface area contributed by atoms with Gasteiger partial charge in [0.15, 0.2) is 6.10 Å². The van der Waals surface area contributed by atoms with Crippen LogP contribution in [0.4, 0.5) is 11.4 Å². The van der Waals surface area contributed by atoms with Crippen LogP contribution in [0.15, 0.2) is 41.3 Å². The SMILES string of the molecule is CCc1ccccc1NC(=O)C1CCN(S(=O)(=O)c2cc3c(cc2C)NC(=O)[C@@H](CC)O3)CC1. The molecule has 1 atom stereocenters. The molecule has 4 rings (SSSR count). The second kappa shape index (κ2) is 9.76. The molecule has 2 aliphatic heterocycles. The molecule has 0 bridgehead atoms. The number of benzene rings is 2. The summed E-state index contributed by atoms with van der Waals surface area (Å²) in [4.78, 5) is 25.1. The van der Waals surface area contributed by atoms with Crippen LogP contribution in [0, 0.1) is 12.8 Å². The van der Waals surface area contributed by atoms with E-state index < -0.39 is 16.1 Å². The van der Waals surface area contributed by atoms with Crippen LogP contribution < -0.4 is 15.4 Å². The number of nitrogens with zero attached hydrogens (tertiary/aromatic N) is 1. The minimum Gasteiger partial charge on any atom is -0.478 e. The monoisotopic (exact) mass is 485 g/mol. The number of carbonyl (C=O) groups excluding carboxylic acids is 2. The average Bonchev–Trinajstić information content (AvgIpc) is 2.83. The fraction of sp³-hybridized carbons (Fsp3) is 0.440. The van der Waals surface area contributed by atoms with Crippen molar-refractivity contribution in [2.75, 3.05) is 23.7 Å². The van der Waals surface area contributed by atoms with Gasteiger partial charge in [-0.15, -0.1) is 0 Å². The smallest absolute Gasteiger partial charge is 0.265 e. The first-order valence-electron chi connectivity index (χ1n) is 11.8. The van der Waals surface area contributed by atoms with Gasteiger partial charge in [-0.2, -0.15) is 4.31 Å². The van der Waals surface area contributed by atoms with E-state index in [1.165, 1.54) is 10.4 Å². The van der Waals surface area contributed by atoms with Crippen LogP contribution in [0.5, 0.6) is 5.75 Å². The van der Waals surface area contributed by atoms with Crippen molar-refractivity contribution in [3.8, 4) is 5.75 Å². The molecule has 0 radical (unpaired) electrons. The number of aryl methyl sites for hydroxylation is 2. The highest BCUT2D eigenvalue weighted by Gasteiger charge is 2.35. The van der Waals surface area contributed by atoms with Crippen molar-refractivity contribution in [1.82, 2.24) is 4.31 Å². The fourth-order valence-electron chi connectivity index (χ4n) is 4.51. The molecule has 2 aromatic carbocycles. The molecule has 0 unspecified atom stereocenters. The molecule has 2 N–H and O–H groups in total. The van der Waals surface area contributed by atoms with Gasteiger partial charge in [0.25, 0.3) is 5.91 Å². The number of anilines is 2. The topological polar surface area (TPSA) is 105 Å². The molecule has 9 heteroatoms. The predicted molar refractivity (Wildman–Crippen MR) is 130 cm³/mol. The van der Waals surface area contributed by atoms with E-state index in [2.05, 4.69) is 10.6 Å². The van der Waals surface area contributed by atoms with E-state index in [0.717, 1.165) is 17.7 Å². The normalized spacial score (nSPS) is 19.1. The van der Waals surface area contributed by atoms with Crippen molar-refractivity contribution in [3.05, 3.63) is 47.5 Å². The van der Waals surface area contributed by atoms with Crippen LogP contribution in [0.1, 0.15) is 44.2 Å². The third-order valence-electron chi connectivity index (χ3n) is 6.57. The van der Waals surface area contributed by atoms with Gasteiger partial charge in [0.1, 0.15) is 5.75 Å². The molecule has 2 aromatic rings. The highest BCUT2D eigenvalue weighted by molar-refractivity contribution is 7.89. The van der Waals surface area contributed by atoms with E-state index >= 15 is 0 Å². The number of fused-ring (bicyclic) bond motifs is 1. The maximum absolute atomic E-state index is 13.4. The Bertz CT molecular complexity index is 1200. The van der Waals surface area contributed by atoms with Gasteiger partial charge in [-0.05, 0) is 55.9 Å². The van der Waals surface area contributed by atoms with Crippen molar-refractivity contribution in [1.29, 1.82) is 0 Å². The zero-order valence-corrected chi connectivity index (χ0v) is 20.6. The lowest BCUT2D eigenvalue weighted by Crippen LogP contribution is -2.41. The van der Waals surface area contributed by atoms with Crippen molar-refractivity contribution < 1.29 is 22.7 Å². The van der Waals surface area contributed by atoms with Gasteiger partial charge in [0, 0.05) is 30.8 Å². The Morgan fingerprint density at radius 2 is 1.88 bits per heavy atom.